The predicted octanol–water partition coefficient (Wildman–Crippen LogP) is 5.94. The summed E-state index contributed by atoms with van der Waals surface area (Å²) < 4.78 is 13.3. The first-order valence-corrected chi connectivity index (χ1v) is 12.3. The van der Waals surface area contributed by atoms with Gasteiger partial charge in [0.05, 0.1) is 35.8 Å². The molecule has 0 bridgehead atoms. The van der Waals surface area contributed by atoms with Crippen LogP contribution in [0.2, 0.25) is 0 Å². The van der Waals surface area contributed by atoms with E-state index in [2.05, 4.69) is 15.3 Å². The molecule has 1 N–H and O–H groups in total. The minimum atomic E-state index is -0.356. The molecule has 3 aromatic carbocycles. The monoisotopic (exact) mass is 507 g/mol. The van der Waals surface area contributed by atoms with E-state index in [0.717, 1.165) is 44.2 Å². The lowest BCUT2D eigenvalue weighted by atomic mass is 10.1. The minimum Gasteiger partial charge on any atom is -0.497 e. The van der Waals surface area contributed by atoms with Crippen molar-refractivity contribution in [3.05, 3.63) is 90.6 Å². The number of amides is 1. The molecule has 0 aliphatic rings. The van der Waals surface area contributed by atoms with Crippen molar-refractivity contribution in [3.8, 4) is 34.0 Å². The van der Waals surface area contributed by atoms with E-state index < -0.39 is 0 Å². The standard InChI is InChI=1S/C28H21N5O3S/c1-35-19-10-8-18(9-11-19)24-15-23(29-26-16-22(32-33(24)26)17-6-4-3-5-7-17)27(34)31-28-30-21-13-12-20(36-2)14-25(21)37-28/h3-16H,1-2H3,(H,30,31,34). The van der Waals surface area contributed by atoms with Crippen LogP contribution in [0.15, 0.2) is 84.9 Å². The maximum Gasteiger partial charge on any atom is 0.276 e. The Labute approximate surface area is 216 Å². The van der Waals surface area contributed by atoms with Crippen LogP contribution < -0.4 is 14.8 Å². The van der Waals surface area contributed by atoms with Crippen LogP contribution in [0.25, 0.3) is 38.4 Å². The van der Waals surface area contributed by atoms with Crippen LogP contribution in [0.3, 0.4) is 0 Å². The highest BCUT2D eigenvalue weighted by molar-refractivity contribution is 7.22. The summed E-state index contributed by atoms with van der Waals surface area (Å²) in [5, 5.41) is 8.19. The van der Waals surface area contributed by atoms with Gasteiger partial charge in [0.25, 0.3) is 5.91 Å². The number of methoxy groups -OCH3 is 2. The average Bonchev–Trinajstić information content (AvgIpc) is 3.56. The third-order valence-corrected chi connectivity index (χ3v) is 6.86. The summed E-state index contributed by atoms with van der Waals surface area (Å²) >= 11 is 1.38. The minimum absolute atomic E-state index is 0.259. The largest absolute Gasteiger partial charge is 0.497 e. The average molecular weight is 508 g/mol. The first-order chi connectivity index (χ1) is 18.1. The Morgan fingerprint density at radius 3 is 2.35 bits per heavy atom. The van der Waals surface area contributed by atoms with E-state index in [-0.39, 0.29) is 11.6 Å². The van der Waals surface area contributed by atoms with Gasteiger partial charge in [0.15, 0.2) is 10.8 Å². The maximum absolute atomic E-state index is 13.3. The molecule has 0 atom stereocenters. The lowest BCUT2D eigenvalue weighted by molar-refractivity contribution is 0.102. The first kappa shape index (κ1) is 22.7. The number of benzene rings is 3. The zero-order valence-electron chi connectivity index (χ0n) is 20.0. The molecule has 3 heterocycles. The summed E-state index contributed by atoms with van der Waals surface area (Å²) in [6.07, 6.45) is 0. The molecule has 0 saturated carbocycles. The van der Waals surface area contributed by atoms with Gasteiger partial charge in [-0.05, 0) is 48.5 Å². The van der Waals surface area contributed by atoms with E-state index in [1.165, 1.54) is 11.3 Å². The first-order valence-electron chi connectivity index (χ1n) is 11.5. The Hall–Kier alpha value is -4.76. The van der Waals surface area contributed by atoms with Crippen molar-refractivity contribution in [1.29, 1.82) is 0 Å². The summed E-state index contributed by atoms with van der Waals surface area (Å²) in [5.74, 6) is 1.12. The van der Waals surface area contributed by atoms with E-state index in [1.54, 1.807) is 24.8 Å². The number of nitrogens with one attached hydrogen (secondary N) is 1. The Morgan fingerprint density at radius 1 is 0.838 bits per heavy atom. The van der Waals surface area contributed by atoms with Crippen molar-refractivity contribution in [2.45, 2.75) is 0 Å². The van der Waals surface area contributed by atoms with E-state index >= 15 is 0 Å². The van der Waals surface area contributed by atoms with Crippen molar-refractivity contribution in [3.63, 3.8) is 0 Å². The molecule has 9 heteroatoms. The van der Waals surface area contributed by atoms with Crippen LogP contribution in [0, 0.1) is 0 Å². The van der Waals surface area contributed by atoms with Gasteiger partial charge in [-0.1, -0.05) is 41.7 Å². The molecule has 8 nitrogen and oxygen atoms in total. The molecule has 0 fully saturated rings. The second-order valence-electron chi connectivity index (χ2n) is 8.23. The number of anilines is 1. The molecule has 182 valence electrons. The molecule has 1 amide bonds. The van der Waals surface area contributed by atoms with Crippen LogP contribution in [0.1, 0.15) is 10.5 Å². The Bertz CT molecular complexity index is 1740. The fraction of sp³-hybridized carbons (Fsp3) is 0.0714. The second-order valence-corrected chi connectivity index (χ2v) is 9.26. The smallest absolute Gasteiger partial charge is 0.276 e. The van der Waals surface area contributed by atoms with Gasteiger partial charge in [-0.2, -0.15) is 5.10 Å². The number of fused-ring (bicyclic) bond motifs is 2. The number of ether oxygens (including phenoxy) is 2. The summed E-state index contributed by atoms with van der Waals surface area (Å²) in [6.45, 7) is 0. The molecule has 0 aliphatic carbocycles. The van der Waals surface area contributed by atoms with Crippen molar-refractivity contribution in [2.75, 3.05) is 19.5 Å². The topological polar surface area (TPSA) is 90.6 Å². The van der Waals surface area contributed by atoms with Crippen LogP contribution in [0.4, 0.5) is 5.13 Å². The van der Waals surface area contributed by atoms with Crippen LogP contribution in [-0.4, -0.2) is 39.7 Å². The number of rotatable bonds is 6. The van der Waals surface area contributed by atoms with Crippen molar-refractivity contribution >= 4 is 38.2 Å². The van der Waals surface area contributed by atoms with Crippen molar-refractivity contribution < 1.29 is 14.3 Å². The number of hydrogen-bond acceptors (Lipinski definition) is 7. The molecule has 3 aromatic heterocycles. The normalized spacial score (nSPS) is 11.1. The molecular weight excluding hydrogens is 486 g/mol. The van der Waals surface area contributed by atoms with E-state index in [0.29, 0.717) is 10.8 Å². The molecule has 0 spiro atoms. The number of hydrogen-bond donors (Lipinski definition) is 1. The van der Waals surface area contributed by atoms with Gasteiger partial charge in [-0.25, -0.2) is 14.5 Å². The summed E-state index contributed by atoms with van der Waals surface area (Å²) in [5.41, 5.74) is 4.93. The van der Waals surface area contributed by atoms with Gasteiger partial charge in [0, 0.05) is 17.2 Å². The number of carbonyl (C=O) groups is 1. The van der Waals surface area contributed by atoms with Crippen LogP contribution in [-0.2, 0) is 0 Å². The molecular formula is C28H21N5O3S. The number of thiazole rings is 1. The van der Waals surface area contributed by atoms with E-state index in [1.807, 2.05) is 78.9 Å². The number of aromatic nitrogens is 4. The van der Waals surface area contributed by atoms with E-state index in [9.17, 15) is 4.79 Å². The van der Waals surface area contributed by atoms with Gasteiger partial charge in [0.2, 0.25) is 0 Å². The molecule has 0 saturated heterocycles. The van der Waals surface area contributed by atoms with Gasteiger partial charge in [-0.15, -0.1) is 0 Å². The van der Waals surface area contributed by atoms with Crippen molar-refractivity contribution in [2.24, 2.45) is 0 Å². The Balaban J connectivity index is 1.42. The Kier molecular flexibility index (Phi) is 5.74. The fourth-order valence-electron chi connectivity index (χ4n) is 4.05. The van der Waals surface area contributed by atoms with Crippen LogP contribution >= 0.6 is 11.3 Å². The highest BCUT2D eigenvalue weighted by Crippen LogP contribution is 2.30. The van der Waals surface area contributed by atoms with Gasteiger partial charge >= 0.3 is 0 Å². The SMILES string of the molecule is COc1ccc(-c2cc(C(=O)Nc3nc4ccc(OC)cc4s3)nc3cc(-c4ccccc4)nn23)cc1. The molecule has 6 rings (SSSR count). The molecule has 37 heavy (non-hydrogen) atoms. The highest BCUT2D eigenvalue weighted by Gasteiger charge is 2.18. The predicted molar refractivity (Wildman–Crippen MR) is 145 cm³/mol. The second kappa shape index (κ2) is 9.36. The zero-order valence-corrected chi connectivity index (χ0v) is 20.8. The number of nitrogens with zero attached hydrogens (tertiary/aromatic N) is 4. The fourth-order valence-corrected chi connectivity index (χ4v) is 4.94. The van der Waals surface area contributed by atoms with Crippen molar-refractivity contribution in [1.82, 2.24) is 19.6 Å². The van der Waals surface area contributed by atoms with Gasteiger partial charge in [0.1, 0.15) is 17.2 Å². The van der Waals surface area contributed by atoms with Gasteiger partial charge in [-0.3, -0.25) is 10.1 Å². The third-order valence-electron chi connectivity index (χ3n) is 5.93. The molecule has 0 radical (unpaired) electrons. The maximum atomic E-state index is 13.3. The highest BCUT2D eigenvalue weighted by atomic mass is 32.1. The summed E-state index contributed by atoms with van der Waals surface area (Å²) in [6, 6.07) is 26.7. The molecule has 6 aromatic rings. The molecule has 0 aliphatic heterocycles. The number of carbonyl (C=O) groups excluding carboxylic acids is 1. The van der Waals surface area contributed by atoms with Crippen LogP contribution in [0.5, 0.6) is 11.5 Å². The zero-order chi connectivity index (χ0) is 25.4. The lowest BCUT2D eigenvalue weighted by Gasteiger charge is -2.09. The third kappa shape index (κ3) is 4.36. The quantitative estimate of drug-likeness (QED) is 0.300. The Morgan fingerprint density at radius 2 is 1.59 bits per heavy atom. The van der Waals surface area contributed by atoms with E-state index in [4.69, 9.17) is 14.6 Å². The molecule has 0 unspecified atom stereocenters. The van der Waals surface area contributed by atoms with Gasteiger partial charge < -0.3 is 9.47 Å². The summed E-state index contributed by atoms with van der Waals surface area (Å²) in [4.78, 5) is 22.5. The lowest BCUT2D eigenvalue weighted by Crippen LogP contribution is -2.15. The summed E-state index contributed by atoms with van der Waals surface area (Å²) in [7, 11) is 3.24.